The van der Waals surface area contributed by atoms with Gasteiger partial charge in [0.05, 0.1) is 25.9 Å². The molecule has 1 aliphatic carbocycles. The molecule has 1 saturated heterocycles. The van der Waals surface area contributed by atoms with Crippen molar-refractivity contribution in [3.8, 4) is 5.75 Å². The van der Waals surface area contributed by atoms with Crippen molar-refractivity contribution in [3.05, 3.63) is 65.7 Å². The standard InChI is InChI=1S/C32H41NO7/c1-21-28(30(35)37-5)29(34)26(33(21)31(36)40-32(2,3)4)20-38-24-17-15-23(16-18-24)25-13-9-10-14-27(25)39-19-22-11-7-6-8-12-22/h6-14,21,23-24,26,28H,15-20H2,1-5H3/t21-,23?,24?,26?,28?/m1/s1. The van der Waals surface area contributed by atoms with Gasteiger partial charge in [-0.15, -0.1) is 0 Å². The van der Waals surface area contributed by atoms with Crippen molar-refractivity contribution in [2.75, 3.05) is 13.7 Å². The molecule has 4 rings (SSSR count). The summed E-state index contributed by atoms with van der Waals surface area (Å²) in [5, 5.41) is 0. The predicted molar refractivity (Wildman–Crippen MR) is 150 cm³/mol. The van der Waals surface area contributed by atoms with Gasteiger partial charge in [-0.25, -0.2) is 4.79 Å². The number of ketones is 1. The molecule has 0 spiro atoms. The van der Waals surface area contributed by atoms with E-state index in [0.717, 1.165) is 37.0 Å². The van der Waals surface area contributed by atoms with Gasteiger partial charge >= 0.3 is 12.1 Å². The van der Waals surface area contributed by atoms with Crippen molar-refractivity contribution in [3.63, 3.8) is 0 Å². The van der Waals surface area contributed by atoms with Gasteiger partial charge in [-0.1, -0.05) is 48.5 Å². The number of ether oxygens (including phenoxy) is 4. The third-order valence-electron chi connectivity index (χ3n) is 7.71. The minimum atomic E-state index is -1.06. The highest BCUT2D eigenvalue weighted by atomic mass is 16.6. The average molecular weight is 552 g/mol. The van der Waals surface area contributed by atoms with Crippen molar-refractivity contribution in [1.29, 1.82) is 0 Å². The van der Waals surface area contributed by atoms with Crippen LogP contribution in [0.25, 0.3) is 0 Å². The fourth-order valence-electron chi connectivity index (χ4n) is 5.69. The van der Waals surface area contributed by atoms with Crippen LogP contribution in [0.4, 0.5) is 4.79 Å². The number of benzene rings is 2. The smallest absolute Gasteiger partial charge is 0.411 e. The number of carbonyl (C=O) groups is 3. The van der Waals surface area contributed by atoms with E-state index in [1.54, 1.807) is 27.7 Å². The summed E-state index contributed by atoms with van der Waals surface area (Å²) in [5.41, 5.74) is 1.59. The van der Waals surface area contributed by atoms with Gasteiger partial charge in [0, 0.05) is 0 Å². The maximum absolute atomic E-state index is 13.3. The first kappa shape index (κ1) is 29.6. The second-order valence-corrected chi connectivity index (χ2v) is 11.7. The molecule has 3 atom stereocenters. The molecule has 2 fully saturated rings. The molecule has 40 heavy (non-hydrogen) atoms. The second-order valence-electron chi connectivity index (χ2n) is 11.7. The zero-order valence-corrected chi connectivity index (χ0v) is 24.1. The first-order valence-electron chi connectivity index (χ1n) is 14.1. The van der Waals surface area contributed by atoms with E-state index >= 15 is 0 Å². The summed E-state index contributed by atoms with van der Waals surface area (Å²) < 4.78 is 22.8. The Morgan fingerprint density at radius 3 is 2.25 bits per heavy atom. The van der Waals surface area contributed by atoms with Crippen LogP contribution in [0.15, 0.2) is 54.6 Å². The van der Waals surface area contributed by atoms with Gasteiger partial charge in [-0.05, 0) is 76.5 Å². The van der Waals surface area contributed by atoms with Gasteiger partial charge in [0.1, 0.15) is 29.9 Å². The molecule has 2 unspecified atom stereocenters. The summed E-state index contributed by atoms with van der Waals surface area (Å²) in [6.45, 7) is 7.50. The van der Waals surface area contributed by atoms with Crippen molar-refractivity contribution in [2.24, 2.45) is 5.92 Å². The lowest BCUT2D eigenvalue weighted by Crippen LogP contribution is -2.47. The normalized spacial score (nSPS) is 25.0. The van der Waals surface area contributed by atoms with Crippen molar-refractivity contribution in [1.82, 2.24) is 4.90 Å². The highest BCUT2D eigenvalue weighted by Crippen LogP contribution is 2.39. The molecule has 1 heterocycles. The number of likely N-dealkylation sites (tertiary alicyclic amines) is 1. The number of methoxy groups -OCH3 is 1. The Bertz CT molecular complexity index is 1170. The number of amides is 1. The summed E-state index contributed by atoms with van der Waals surface area (Å²) in [5.74, 6) is -0.829. The molecule has 2 aromatic rings. The van der Waals surface area contributed by atoms with Crippen LogP contribution in [-0.2, 0) is 30.4 Å². The highest BCUT2D eigenvalue weighted by molar-refractivity contribution is 6.06. The molecular formula is C32H41NO7. The lowest BCUT2D eigenvalue weighted by Gasteiger charge is -2.33. The molecule has 1 saturated carbocycles. The average Bonchev–Trinajstić information content (AvgIpc) is 3.19. The van der Waals surface area contributed by atoms with E-state index in [4.69, 9.17) is 18.9 Å². The number of carbonyl (C=O) groups excluding carboxylic acids is 3. The fourth-order valence-corrected chi connectivity index (χ4v) is 5.69. The summed E-state index contributed by atoms with van der Waals surface area (Å²) >= 11 is 0. The Hall–Kier alpha value is -3.39. The maximum atomic E-state index is 13.3. The predicted octanol–water partition coefficient (Wildman–Crippen LogP) is 5.67. The van der Waals surface area contributed by atoms with Crippen LogP contribution in [-0.4, -0.2) is 60.3 Å². The van der Waals surface area contributed by atoms with Gasteiger partial charge < -0.3 is 18.9 Å². The van der Waals surface area contributed by atoms with Crippen LogP contribution >= 0.6 is 0 Å². The first-order valence-corrected chi connectivity index (χ1v) is 14.1. The summed E-state index contributed by atoms with van der Waals surface area (Å²) in [7, 11) is 1.24. The molecule has 1 aliphatic heterocycles. The largest absolute Gasteiger partial charge is 0.489 e. The fraction of sp³-hybridized carbons (Fsp3) is 0.531. The SMILES string of the molecule is COC(=O)C1C(=O)C(COC2CCC(c3ccccc3OCc3ccccc3)CC2)N(C(=O)OC(C)(C)C)[C@@H]1C. The van der Waals surface area contributed by atoms with Gasteiger partial charge in [0.25, 0.3) is 0 Å². The van der Waals surface area contributed by atoms with Crippen LogP contribution in [0.3, 0.4) is 0 Å². The first-order chi connectivity index (χ1) is 19.1. The Kier molecular flexibility index (Phi) is 9.51. The van der Waals surface area contributed by atoms with Gasteiger partial charge in [0.2, 0.25) is 0 Å². The number of esters is 1. The van der Waals surface area contributed by atoms with E-state index in [0.29, 0.717) is 12.5 Å². The van der Waals surface area contributed by atoms with Crippen molar-refractivity contribution < 1.29 is 33.3 Å². The van der Waals surface area contributed by atoms with E-state index in [1.165, 1.54) is 17.6 Å². The van der Waals surface area contributed by atoms with Crippen molar-refractivity contribution in [2.45, 2.75) is 89.7 Å². The number of rotatable bonds is 8. The van der Waals surface area contributed by atoms with Crippen LogP contribution in [0, 0.1) is 5.92 Å². The quantitative estimate of drug-likeness (QED) is 0.308. The Balaban J connectivity index is 1.37. The number of nitrogens with zero attached hydrogens (tertiary/aromatic N) is 1. The van der Waals surface area contributed by atoms with Crippen molar-refractivity contribution >= 4 is 17.8 Å². The number of Topliss-reactive ketones (excluding diaryl/α,β-unsaturated/α-hetero) is 1. The Morgan fingerprint density at radius 2 is 1.60 bits per heavy atom. The third kappa shape index (κ3) is 7.02. The molecular weight excluding hydrogens is 510 g/mol. The van der Waals surface area contributed by atoms with Gasteiger partial charge in [-0.2, -0.15) is 0 Å². The lowest BCUT2D eigenvalue weighted by molar-refractivity contribution is -0.149. The van der Waals surface area contributed by atoms with Crippen LogP contribution in [0.1, 0.15) is 70.4 Å². The minimum Gasteiger partial charge on any atom is -0.489 e. The molecule has 0 N–H and O–H groups in total. The Morgan fingerprint density at radius 1 is 0.950 bits per heavy atom. The maximum Gasteiger partial charge on any atom is 0.411 e. The third-order valence-corrected chi connectivity index (χ3v) is 7.71. The van der Waals surface area contributed by atoms with Crippen LogP contribution < -0.4 is 4.74 Å². The van der Waals surface area contributed by atoms with E-state index in [9.17, 15) is 14.4 Å². The summed E-state index contributed by atoms with van der Waals surface area (Å²) in [4.78, 5) is 40.0. The monoisotopic (exact) mass is 551 g/mol. The molecule has 0 radical (unpaired) electrons. The van der Waals surface area contributed by atoms with Gasteiger partial charge in [0.15, 0.2) is 5.78 Å². The molecule has 8 heteroatoms. The number of hydrogen-bond acceptors (Lipinski definition) is 7. The highest BCUT2D eigenvalue weighted by Gasteiger charge is 2.53. The molecule has 0 bridgehead atoms. The van der Waals surface area contributed by atoms with E-state index in [2.05, 4.69) is 18.2 Å². The zero-order chi connectivity index (χ0) is 28.9. The summed E-state index contributed by atoms with van der Waals surface area (Å²) in [6.07, 6.45) is 2.80. The molecule has 1 amide bonds. The van der Waals surface area contributed by atoms with E-state index in [-0.39, 0.29) is 18.5 Å². The molecule has 2 aliphatic rings. The molecule has 0 aromatic heterocycles. The number of hydrogen-bond donors (Lipinski definition) is 0. The minimum absolute atomic E-state index is 0.0159. The molecule has 2 aromatic carbocycles. The number of para-hydroxylation sites is 1. The van der Waals surface area contributed by atoms with Crippen LogP contribution in [0.5, 0.6) is 5.75 Å². The zero-order valence-electron chi connectivity index (χ0n) is 24.1. The Labute approximate surface area is 236 Å². The van der Waals surface area contributed by atoms with Crippen LogP contribution in [0.2, 0.25) is 0 Å². The lowest BCUT2D eigenvalue weighted by atomic mass is 9.82. The summed E-state index contributed by atoms with van der Waals surface area (Å²) in [6, 6.07) is 16.7. The molecule has 216 valence electrons. The van der Waals surface area contributed by atoms with Gasteiger partial charge in [-0.3, -0.25) is 14.5 Å². The van der Waals surface area contributed by atoms with E-state index < -0.39 is 35.7 Å². The molecule has 8 nitrogen and oxygen atoms in total. The second kappa shape index (κ2) is 12.9. The topological polar surface area (TPSA) is 91.4 Å². The van der Waals surface area contributed by atoms with E-state index in [1.807, 2.05) is 36.4 Å².